The molecule has 1 aromatic heterocycles. The zero-order valence-electron chi connectivity index (χ0n) is 18.4. The zero-order valence-corrected chi connectivity index (χ0v) is 18.4. The van der Waals surface area contributed by atoms with Gasteiger partial charge in [0.05, 0.1) is 6.04 Å². The summed E-state index contributed by atoms with van der Waals surface area (Å²) in [6.07, 6.45) is 4.55. The molecule has 0 aliphatic rings. The van der Waals surface area contributed by atoms with Crippen LogP contribution in [-0.4, -0.2) is 17.5 Å². The predicted molar refractivity (Wildman–Crippen MR) is 122 cm³/mol. The van der Waals surface area contributed by atoms with Crippen LogP contribution in [0.3, 0.4) is 0 Å². The Hall–Kier alpha value is -3.34. The maximum atomic E-state index is 12.4. The van der Waals surface area contributed by atoms with Crippen molar-refractivity contribution < 1.29 is 14.3 Å². The summed E-state index contributed by atoms with van der Waals surface area (Å²) >= 11 is 0. The van der Waals surface area contributed by atoms with E-state index in [1.54, 1.807) is 12.4 Å². The van der Waals surface area contributed by atoms with E-state index in [2.05, 4.69) is 30.2 Å². The standard InChI is InChI=1S/C26H30N2O3/c1-4-19(2)24-9-5-6-10-25(24)31-18-26(29)28-20(3)22-11-13-23(14-12-22)30-17-21-8-7-15-27-16-21/h5-16,19-20H,4,17-18H2,1-3H3,(H,28,29). The highest BCUT2D eigenvalue weighted by molar-refractivity contribution is 5.78. The Balaban J connectivity index is 1.49. The number of carbonyl (C=O) groups excluding carboxylic acids is 1. The second kappa shape index (κ2) is 11.2. The lowest BCUT2D eigenvalue weighted by molar-refractivity contribution is -0.123. The molecule has 2 aromatic carbocycles. The number of rotatable bonds is 10. The quantitative estimate of drug-likeness (QED) is 0.477. The normalized spacial score (nSPS) is 12.6. The van der Waals surface area contributed by atoms with Crippen molar-refractivity contribution in [1.29, 1.82) is 0 Å². The SMILES string of the molecule is CCC(C)c1ccccc1OCC(=O)NC(C)c1ccc(OCc2cccnc2)cc1. The van der Waals surface area contributed by atoms with E-state index >= 15 is 0 Å². The van der Waals surface area contributed by atoms with Crippen LogP contribution in [0.15, 0.2) is 73.1 Å². The van der Waals surface area contributed by atoms with Crippen molar-refractivity contribution in [3.05, 3.63) is 89.7 Å². The molecule has 3 rings (SSSR count). The van der Waals surface area contributed by atoms with Crippen molar-refractivity contribution >= 4 is 5.91 Å². The lowest BCUT2D eigenvalue weighted by Gasteiger charge is -2.17. The molecule has 1 heterocycles. The molecule has 31 heavy (non-hydrogen) atoms. The highest BCUT2D eigenvalue weighted by atomic mass is 16.5. The summed E-state index contributed by atoms with van der Waals surface area (Å²) in [7, 11) is 0. The van der Waals surface area contributed by atoms with Crippen LogP contribution in [0, 0.1) is 0 Å². The molecule has 0 saturated heterocycles. The Bertz CT molecular complexity index is 958. The third-order valence-corrected chi connectivity index (χ3v) is 5.31. The van der Waals surface area contributed by atoms with Crippen LogP contribution < -0.4 is 14.8 Å². The molecular formula is C26H30N2O3. The van der Waals surface area contributed by atoms with Crippen LogP contribution in [0.5, 0.6) is 11.5 Å². The molecule has 1 N–H and O–H groups in total. The number of nitrogens with one attached hydrogen (secondary N) is 1. The van der Waals surface area contributed by atoms with Gasteiger partial charge in [0.1, 0.15) is 18.1 Å². The van der Waals surface area contributed by atoms with E-state index in [1.165, 1.54) is 0 Å². The second-order valence-electron chi connectivity index (χ2n) is 7.64. The number of hydrogen-bond acceptors (Lipinski definition) is 4. The van der Waals surface area contributed by atoms with Crippen LogP contribution in [0.25, 0.3) is 0 Å². The molecule has 0 fully saturated rings. The van der Waals surface area contributed by atoms with Gasteiger partial charge in [-0.2, -0.15) is 0 Å². The van der Waals surface area contributed by atoms with Gasteiger partial charge in [-0.1, -0.05) is 50.2 Å². The van der Waals surface area contributed by atoms with Crippen molar-refractivity contribution in [2.24, 2.45) is 0 Å². The van der Waals surface area contributed by atoms with Gasteiger partial charge in [-0.05, 0) is 54.7 Å². The predicted octanol–water partition coefficient (Wildman–Crippen LogP) is 5.43. The number of benzene rings is 2. The van der Waals surface area contributed by atoms with E-state index in [0.717, 1.165) is 34.6 Å². The Kier molecular flexibility index (Phi) is 8.05. The smallest absolute Gasteiger partial charge is 0.258 e. The summed E-state index contributed by atoms with van der Waals surface area (Å²) < 4.78 is 11.6. The molecule has 0 bridgehead atoms. The topological polar surface area (TPSA) is 60.5 Å². The van der Waals surface area contributed by atoms with Gasteiger partial charge in [-0.3, -0.25) is 9.78 Å². The number of aromatic nitrogens is 1. The minimum absolute atomic E-state index is 0.00983. The summed E-state index contributed by atoms with van der Waals surface area (Å²) in [4.78, 5) is 16.5. The first-order valence-electron chi connectivity index (χ1n) is 10.7. The summed E-state index contributed by atoms with van der Waals surface area (Å²) in [6, 6.07) is 19.4. The monoisotopic (exact) mass is 418 g/mol. The minimum Gasteiger partial charge on any atom is -0.489 e. The first-order valence-corrected chi connectivity index (χ1v) is 10.7. The first-order chi connectivity index (χ1) is 15.1. The van der Waals surface area contributed by atoms with Gasteiger partial charge in [-0.25, -0.2) is 0 Å². The summed E-state index contributed by atoms with van der Waals surface area (Å²) in [5.74, 6) is 1.78. The van der Waals surface area contributed by atoms with Crippen LogP contribution in [0.2, 0.25) is 0 Å². The van der Waals surface area contributed by atoms with E-state index in [4.69, 9.17) is 9.47 Å². The molecule has 0 radical (unpaired) electrons. The van der Waals surface area contributed by atoms with Crippen LogP contribution >= 0.6 is 0 Å². The average molecular weight is 419 g/mol. The number of para-hydroxylation sites is 1. The number of nitrogens with zero attached hydrogens (tertiary/aromatic N) is 1. The number of amides is 1. The lowest BCUT2D eigenvalue weighted by atomic mass is 9.98. The zero-order chi connectivity index (χ0) is 22.1. The van der Waals surface area contributed by atoms with E-state index in [0.29, 0.717) is 12.5 Å². The van der Waals surface area contributed by atoms with Crippen LogP contribution in [0.4, 0.5) is 0 Å². The number of carbonyl (C=O) groups is 1. The van der Waals surface area contributed by atoms with E-state index in [9.17, 15) is 4.79 Å². The summed E-state index contributed by atoms with van der Waals surface area (Å²) in [6.45, 7) is 6.72. The Morgan fingerprint density at radius 3 is 2.48 bits per heavy atom. The molecule has 1 amide bonds. The third kappa shape index (κ3) is 6.57. The highest BCUT2D eigenvalue weighted by Gasteiger charge is 2.13. The molecule has 2 atom stereocenters. The number of pyridine rings is 1. The Morgan fingerprint density at radius 1 is 1.00 bits per heavy atom. The fourth-order valence-corrected chi connectivity index (χ4v) is 3.25. The summed E-state index contributed by atoms with van der Waals surface area (Å²) in [5.41, 5.74) is 3.15. The van der Waals surface area contributed by atoms with Gasteiger partial charge in [-0.15, -0.1) is 0 Å². The molecule has 5 heteroatoms. The Morgan fingerprint density at radius 2 is 1.77 bits per heavy atom. The van der Waals surface area contributed by atoms with Crippen LogP contribution in [-0.2, 0) is 11.4 Å². The first kappa shape index (κ1) is 22.3. The maximum Gasteiger partial charge on any atom is 0.258 e. The van der Waals surface area contributed by atoms with Crippen molar-refractivity contribution in [1.82, 2.24) is 10.3 Å². The van der Waals surface area contributed by atoms with E-state index < -0.39 is 0 Å². The molecule has 0 aliphatic carbocycles. The minimum atomic E-state index is -0.150. The lowest BCUT2D eigenvalue weighted by Crippen LogP contribution is -2.31. The molecule has 162 valence electrons. The fraction of sp³-hybridized carbons (Fsp3) is 0.308. The summed E-state index contributed by atoms with van der Waals surface area (Å²) in [5, 5.41) is 2.99. The van der Waals surface area contributed by atoms with Crippen LogP contribution in [0.1, 0.15) is 55.8 Å². The molecular weight excluding hydrogens is 388 g/mol. The van der Waals surface area contributed by atoms with E-state index in [1.807, 2.05) is 61.5 Å². The third-order valence-electron chi connectivity index (χ3n) is 5.31. The molecule has 0 saturated carbocycles. The van der Waals surface area contributed by atoms with Crippen molar-refractivity contribution in [3.8, 4) is 11.5 Å². The largest absolute Gasteiger partial charge is 0.489 e. The molecule has 3 aromatic rings. The molecule has 0 aliphatic heterocycles. The van der Waals surface area contributed by atoms with Crippen molar-refractivity contribution in [2.45, 2.75) is 45.8 Å². The van der Waals surface area contributed by atoms with Gasteiger partial charge in [0.25, 0.3) is 5.91 Å². The molecule has 2 unspecified atom stereocenters. The van der Waals surface area contributed by atoms with Crippen molar-refractivity contribution in [2.75, 3.05) is 6.61 Å². The second-order valence-corrected chi connectivity index (χ2v) is 7.64. The van der Waals surface area contributed by atoms with Gasteiger partial charge in [0.2, 0.25) is 0 Å². The van der Waals surface area contributed by atoms with Gasteiger partial charge < -0.3 is 14.8 Å². The maximum absolute atomic E-state index is 12.4. The molecule has 0 spiro atoms. The van der Waals surface area contributed by atoms with Gasteiger partial charge in [0, 0.05) is 18.0 Å². The van der Waals surface area contributed by atoms with E-state index in [-0.39, 0.29) is 18.6 Å². The van der Waals surface area contributed by atoms with Gasteiger partial charge >= 0.3 is 0 Å². The Labute approximate surface area is 184 Å². The number of hydrogen-bond donors (Lipinski definition) is 1. The van der Waals surface area contributed by atoms with Gasteiger partial charge in [0.15, 0.2) is 6.61 Å². The number of ether oxygens (including phenoxy) is 2. The average Bonchev–Trinajstić information content (AvgIpc) is 2.82. The fourth-order valence-electron chi connectivity index (χ4n) is 3.25. The molecule has 5 nitrogen and oxygen atoms in total. The van der Waals surface area contributed by atoms with Crippen molar-refractivity contribution in [3.63, 3.8) is 0 Å². The highest BCUT2D eigenvalue weighted by Crippen LogP contribution is 2.28.